The molecule has 0 radical (unpaired) electrons. The van der Waals surface area contributed by atoms with E-state index in [0.717, 1.165) is 42.0 Å². The fraction of sp³-hybridized carbons (Fsp3) is 0.381. The van der Waals surface area contributed by atoms with Gasteiger partial charge in [0.15, 0.2) is 0 Å². The van der Waals surface area contributed by atoms with Crippen LogP contribution >= 0.6 is 0 Å². The first-order chi connectivity index (χ1) is 12.0. The van der Waals surface area contributed by atoms with Crippen LogP contribution in [0.2, 0.25) is 0 Å². The Morgan fingerprint density at radius 2 is 1.84 bits per heavy atom. The summed E-state index contributed by atoms with van der Waals surface area (Å²) in [5.74, 6) is 0.909. The lowest BCUT2D eigenvalue weighted by atomic mass is 10.0. The number of nitrogens with one attached hydrogen (secondary N) is 1. The molecule has 0 aromatic heterocycles. The molecule has 0 unspecified atom stereocenters. The molecular formula is C21H26N2O2. The zero-order valence-corrected chi connectivity index (χ0v) is 15.2. The smallest absolute Gasteiger partial charge is 0.238 e. The standard InChI is InChI=1S/C21H26N2O2/c1-15-11-16(2)13-18(12-15)22-21(24)14-23-10-4-5-20(23)17-6-8-19(25-3)9-7-17/h6-9,11-13,20H,4-5,10,14H2,1-3H3,(H,22,24)/t20-/m1/s1. The first-order valence-corrected chi connectivity index (χ1v) is 8.81. The Morgan fingerprint density at radius 3 is 2.48 bits per heavy atom. The van der Waals surface area contributed by atoms with Gasteiger partial charge >= 0.3 is 0 Å². The first kappa shape index (κ1) is 17.5. The average Bonchev–Trinajstić information content (AvgIpc) is 3.01. The molecule has 1 heterocycles. The van der Waals surface area contributed by atoms with Crippen LogP contribution in [-0.2, 0) is 4.79 Å². The summed E-state index contributed by atoms with van der Waals surface area (Å²) in [5, 5.41) is 3.04. The molecule has 1 amide bonds. The number of carbonyl (C=O) groups is 1. The van der Waals surface area contributed by atoms with Crippen molar-refractivity contribution in [3.8, 4) is 5.75 Å². The van der Waals surface area contributed by atoms with Gasteiger partial charge in [-0.3, -0.25) is 9.69 Å². The number of ether oxygens (including phenoxy) is 1. The fourth-order valence-electron chi connectivity index (χ4n) is 3.65. The highest BCUT2D eigenvalue weighted by atomic mass is 16.5. The summed E-state index contributed by atoms with van der Waals surface area (Å²) in [7, 11) is 1.67. The number of aryl methyl sites for hydroxylation is 2. The van der Waals surface area contributed by atoms with Crippen LogP contribution in [0, 0.1) is 13.8 Å². The van der Waals surface area contributed by atoms with Crippen LogP contribution in [-0.4, -0.2) is 31.0 Å². The van der Waals surface area contributed by atoms with E-state index in [4.69, 9.17) is 4.74 Å². The lowest BCUT2D eigenvalue weighted by molar-refractivity contribution is -0.117. The van der Waals surface area contributed by atoms with Crippen molar-refractivity contribution in [2.75, 3.05) is 25.5 Å². The SMILES string of the molecule is COc1ccc([C@H]2CCCN2CC(=O)Nc2cc(C)cc(C)c2)cc1. The van der Waals surface area contributed by atoms with Gasteiger partial charge in [0.1, 0.15) is 5.75 Å². The Labute approximate surface area is 149 Å². The van der Waals surface area contributed by atoms with Gasteiger partial charge < -0.3 is 10.1 Å². The van der Waals surface area contributed by atoms with Crippen molar-refractivity contribution in [3.63, 3.8) is 0 Å². The highest BCUT2D eigenvalue weighted by molar-refractivity contribution is 5.92. The number of anilines is 1. The Hall–Kier alpha value is -2.33. The molecule has 1 aliphatic heterocycles. The van der Waals surface area contributed by atoms with Gasteiger partial charge in [-0.25, -0.2) is 0 Å². The summed E-state index contributed by atoms with van der Waals surface area (Å²) in [4.78, 5) is 14.8. The summed E-state index contributed by atoms with van der Waals surface area (Å²) < 4.78 is 5.23. The summed E-state index contributed by atoms with van der Waals surface area (Å²) in [5.41, 5.74) is 4.44. The number of amides is 1. The monoisotopic (exact) mass is 338 g/mol. The number of hydrogen-bond acceptors (Lipinski definition) is 3. The normalized spacial score (nSPS) is 17.5. The van der Waals surface area contributed by atoms with Crippen molar-refractivity contribution >= 4 is 11.6 Å². The third-order valence-electron chi connectivity index (χ3n) is 4.72. The van der Waals surface area contributed by atoms with Gasteiger partial charge in [0.25, 0.3) is 0 Å². The second-order valence-electron chi connectivity index (χ2n) is 6.83. The zero-order valence-electron chi connectivity index (χ0n) is 15.2. The molecule has 4 heteroatoms. The van der Waals surface area contributed by atoms with Gasteiger partial charge in [0.2, 0.25) is 5.91 Å². The minimum atomic E-state index is 0.0467. The molecule has 2 aromatic rings. The molecule has 1 atom stereocenters. The predicted molar refractivity (Wildman–Crippen MR) is 101 cm³/mol. The van der Waals surface area contributed by atoms with Gasteiger partial charge in [-0.2, -0.15) is 0 Å². The van der Waals surface area contributed by atoms with Crippen molar-refractivity contribution in [3.05, 3.63) is 59.2 Å². The van der Waals surface area contributed by atoms with E-state index in [-0.39, 0.29) is 5.91 Å². The molecular weight excluding hydrogens is 312 g/mol. The first-order valence-electron chi connectivity index (χ1n) is 8.81. The molecule has 0 saturated carbocycles. The van der Waals surface area contributed by atoms with Crippen molar-refractivity contribution < 1.29 is 9.53 Å². The van der Waals surface area contributed by atoms with Crippen molar-refractivity contribution in [1.29, 1.82) is 0 Å². The molecule has 3 rings (SSSR count). The van der Waals surface area contributed by atoms with E-state index in [0.29, 0.717) is 12.6 Å². The second kappa shape index (κ2) is 7.70. The van der Waals surface area contributed by atoms with Crippen LogP contribution in [0.25, 0.3) is 0 Å². The average molecular weight is 338 g/mol. The molecule has 0 bridgehead atoms. The van der Waals surface area contributed by atoms with E-state index in [1.165, 1.54) is 5.56 Å². The van der Waals surface area contributed by atoms with E-state index in [2.05, 4.69) is 28.4 Å². The van der Waals surface area contributed by atoms with Gasteiger partial charge in [-0.15, -0.1) is 0 Å². The van der Waals surface area contributed by atoms with Crippen LogP contribution in [0.5, 0.6) is 5.75 Å². The number of benzene rings is 2. The summed E-state index contributed by atoms with van der Waals surface area (Å²) in [6.45, 7) is 5.46. The fourth-order valence-corrected chi connectivity index (χ4v) is 3.65. The Morgan fingerprint density at radius 1 is 1.16 bits per heavy atom. The lowest BCUT2D eigenvalue weighted by Crippen LogP contribution is -2.33. The van der Waals surface area contributed by atoms with Gasteiger partial charge in [0, 0.05) is 11.7 Å². The van der Waals surface area contributed by atoms with Gasteiger partial charge in [-0.1, -0.05) is 18.2 Å². The number of rotatable bonds is 5. The lowest BCUT2D eigenvalue weighted by Gasteiger charge is -2.24. The van der Waals surface area contributed by atoms with Crippen LogP contribution in [0.15, 0.2) is 42.5 Å². The maximum absolute atomic E-state index is 12.5. The van der Waals surface area contributed by atoms with E-state index < -0.39 is 0 Å². The predicted octanol–water partition coefficient (Wildman–Crippen LogP) is 4.09. The zero-order chi connectivity index (χ0) is 17.8. The highest BCUT2D eigenvalue weighted by Gasteiger charge is 2.27. The molecule has 0 aliphatic carbocycles. The van der Waals surface area contributed by atoms with Crippen LogP contribution in [0.3, 0.4) is 0 Å². The molecule has 0 spiro atoms. The topological polar surface area (TPSA) is 41.6 Å². The number of carbonyl (C=O) groups excluding carboxylic acids is 1. The summed E-state index contributed by atoms with van der Waals surface area (Å²) in [6.07, 6.45) is 2.21. The van der Waals surface area contributed by atoms with Crippen LogP contribution in [0.1, 0.15) is 35.6 Å². The van der Waals surface area contributed by atoms with Gasteiger partial charge in [0.05, 0.1) is 13.7 Å². The third-order valence-corrected chi connectivity index (χ3v) is 4.72. The quantitative estimate of drug-likeness (QED) is 0.893. The summed E-state index contributed by atoms with van der Waals surface area (Å²) in [6, 6.07) is 14.6. The van der Waals surface area contributed by atoms with Gasteiger partial charge in [-0.05, 0) is 74.2 Å². The van der Waals surface area contributed by atoms with Crippen molar-refractivity contribution in [2.24, 2.45) is 0 Å². The van der Waals surface area contributed by atoms with Crippen molar-refractivity contribution in [1.82, 2.24) is 4.90 Å². The number of nitrogens with zero attached hydrogens (tertiary/aromatic N) is 1. The number of methoxy groups -OCH3 is 1. The Balaban J connectivity index is 1.65. The molecule has 1 saturated heterocycles. The minimum Gasteiger partial charge on any atom is -0.497 e. The number of hydrogen-bond donors (Lipinski definition) is 1. The molecule has 1 N–H and O–H groups in total. The van der Waals surface area contributed by atoms with Crippen LogP contribution < -0.4 is 10.1 Å². The minimum absolute atomic E-state index is 0.0467. The van der Waals surface area contributed by atoms with E-state index >= 15 is 0 Å². The molecule has 25 heavy (non-hydrogen) atoms. The molecule has 2 aromatic carbocycles. The summed E-state index contributed by atoms with van der Waals surface area (Å²) >= 11 is 0. The van der Waals surface area contributed by atoms with E-state index in [9.17, 15) is 4.79 Å². The molecule has 1 fully saturated rings. The maximum Gasteiger partial charge on any atom is 0.238 e. The second-order valence-corrected chi connectivity index (χ2v) is 6.83. The largest absolute Gasteiger partial charge is 0.497 e. The third kappa shape index (κ3) is 4.40. The number of likely N-dealkylation sites (tertiary alicyclic amines) is 1. The molecule has 132 valence electrons. The maximum atomic E-state index is 12.5. The van der Waals surface area contributed by atoms with E-state index in [1.54, 1.807) is 7.11 Å². The van der Waals surface area contributed by atoms with Crippen molar-refractivity contribution in [2.45, 2.75) is 32.7 Å². The Bertz CT molecular complexity index is 720. The molecule has 1 aliphatic rings. The van der Waals surface area contributed by atoms with Crippen LogP contribution in [0.4, 0.5) is 5.69 Å². The highest BCUT2D eigenvalue weighted by Crippen LogP contribution is 2.32. The Kier molecular flexibility index (Phi) is 5.39. The molecule has 4 nitrogen and oxygen atoms in total. The van der Waals surface area contributed by atoms with E-state index in [1.807, 2.05) is 38.1 Å².